The molecule has 1 aliphatic rings. The molecule has 0 atom stereocenters. The maximum absolute atomic E-state index is 9.59. The van der Waals surface area contributed by atoms with Gasteiger partial charge >= 0.3 is 0 Å². The molecule has 1 N–H and O–H groups in total. The van der Waals surface area contributed by atoms with Crippen molar-refractivity contribution < 1.29 is 14.8 Å². The lowest BCUT2D eigenvalue weighted by Crippen LogP contribution is -3.09. The summed E-state index contributed by atoms with van der Waals surface area (Å²) in [5.74, 6) is -1.33. The number of likely N-dealkylation sites (tertiary alicyclic amines) is 1. The van der Waals surface area contributed by atoms with Gasteiger partial charge in [0, 0.05) is 18.8 Å². The molecule has 1 heterocycles. The fourth-order valence-corrected chi connectivity index (χ4v) is 1.23. The van der Waals surface area contributed by atoms with E-state index in [1.165, 1.54) is 32.5 Å². The lowest BCUT2D eigenvalue weighted by Gasteiger charge is -2.05. The van der Waals surface area contributed by atoms with Crippen molar-refractivity contribution in [1.82, 2.24) is 0 Å². The summed E-state index contributed by atoms with van der Waals surface area (Å²) in [7, 11) is 0. The third-order valence-electron chi connectivity index (χ3n) is 2.28. The quantitative estimate of drug-likeness (QED) is 0.607. The summed E-state index contributed by atoms with van der Waals surface area (Å²) >= 11 is 0. The van der Waals surface area contributed by atoms with Crippen molar-refractivity contribution in [3.05, 3.63) is 0 Å². The second-order valence-corrected chi connectivity index (χ2v) is 3.78. The zero-order valence-electron chi connectivity index (χ0n) is 8.93. The Labute approximate surface area is 80.7 Å². The standard InChI is InChI=1S/C6H13N.C4H8O2/c1-2-7-5-3-4-6-7;1-3(2)4(5)6/h2-6H2,1H3;3H,1-2H3,(H,5,6). The van der Waals surface area contributed by atoms with Crippen molar-refractivity contribution in [2.24, 2.45) is 5.92 Å². The molecule has 3 nitrogen and oxygen atoms in total. The second kappa shape index (κ2) is 6.89. The predicted molar refractivity (Wildman–Crippen MR) is 50.3 cm³/mol. The van der Waals surface area contributed by atoms with Crippen LogP contribution < -0.4 is 10.0 Å². The van der Waals surface area contributed by atoms with Crippen LogP contribution in [0.15, 0.2) is 0 Å². The highest BCUT2D eigenvalue weighted by Crippen LogP contribution is 1.86. The zero-order chi connectivity index (χ0) is 10.3. The van der Waals surface area contributed by atoms with Gasteiger partial charge in [-0.25, -0.2) is 0 Å². The number of hydrogen-bond donors (Lipinski definition) is 1. The van der Waals surface area contributed by atoms with Crippen LogP contribution in [0.2, 0.25) is 0 Å². The molecule has 1 saturated heterocycles. The predicted octanol–water partition coefficient (Wildman–Crippen LogP) is -0.923. The van der Waals surface area contributed by atoms with Gasteiger partial charge in [0.15, 0.2) is 0 Å². The van der Waals surface area contributed by atoms with E-state index >= 15 is 0 Å². The second-order valence-electron chi connectivity index (χ2n) is 3.78. The average Bonchev–Trinajstić information content (AvgIpc) is 2.56. The first-order chi connectivity index (χ1) is 6.07. The van der Waals surface area contributed by atoms with E-state index in [2.05, 4.69) is 6.92 Å². The van der Waals surface area contributed by atoms with E-state index in [1.807, 2.05) is 0 Å². The molecule has 3 heteroatoms. The Morgan fingerprint density at radius 3 is 1.92 bits per heavy atom. The van der Waals surface area contributed by atoms with Gasteiger partial charge in [0.05, 0.1) is 19.6 Å². The van der Waals surface area contributed by atoms with Crippen LogP contribution in [0.5, 0.6) is 0 Å². The Bertz CT molecular complexity index is 140. The Morgan fingerprint density at radius 2 is 1.77 bits per heavy atom. The first-order valence-corrected chi connectivity index (χ1v) is 5.12. The van der Waals surface area contributed by atoms with Gasteiger partial charge in [0.2, 0.25) is 0 Å². The van der Waals surface area contributed by atoms with Crippen molar-refractivity contribution in [1.29, 1.82) is 0 Å². The summed E-state index contributed by atoms with van der Waals surface area (Å²) in [5.41, 5.74) is 0. The van der Waals surface area contributed by atoms with Gasteiger partial charge in [-0.2, -0.15) is 0 Å². The normalized spacial score (nSPS) is 16.9. The number of carbonyl (C=O) groups excluding carboxylic acids is 1. The fourth-order valence-electron chi connectivity index (χ4n) is 1.23. The summed E-state index contributed by atoms with van der Waals surface area (Å²) in [4.78, 5) is 11.4. The van der Waals surface area contributed by atoms with E-state index in [4.69, 9.17) is 0 Å². The van der Waals surface area contributed by atoms with Crippen LogP contribution in [0.1, 0.15) is 33.6 Å². The van der Waals surface area contributed by atoms with E-state index in [1.54, 1.807) is 18.7 Å². The maximum Gasteiger partial charge on any atom is 0.0773 e. The molecule has 1 aliphatic heterocycles. The van der Waals surface area contributed by atoms with Crippen LogP contribution in [-0.4, -0.2) is 25.6 Å². The molecule has 78 valence electrons. The van der Waals surface area contributed by atoms with Gasteiger partial charge in [-0.15, -0.1) is 0 Å². The molecular formula is C10H21NO2. The van der Waals surface area contributed by atoms with Crippen LogP contribution in [0.3, 0.4) is 0 Å². The Morgan fingerprint density at radius 1 is 1.38 bits per heavy atom. The highest BCUT2D eigenvalue weighted by molar-refractivity contribution is 5.66. The molecule has 0 saturated carbocycles. The lowest BCUT2D eigenvalue weighted by molar-refractivity contribution is -0.885. The fraction of sp³-hybridized carbons (Fsp3) is 0.900. The molecule has 0 bridgehead atoms. The van der Waals surface area contributed by atoms with Crippen molar-refractivity contribution in [2.45, 2.75) is 33.6 Å². The third-order valence-corrected chi connectivity index (χ3v) is 2.28. The number of carbonyl (C=O) groups is 1. The van der Waals surface area contributed by atoms with Crippen molar-refractivity contribution in [2.75, 3.05) is 19.6 Å². The Hall–Kier alpha value is -0.570. The smallest absolute Gasteiger partial charge is 0.0773 e. The number of rotatable bonds is 2. The molecular weight excluding hydrogens is 166 g/mol. The minimum atomic E-state index is -0.991. The van der Waals surface area contributed by atoms with E-state index in [0.717, 1.165) is 0 Å². The van der Waals surface area contributed by atoms with Crippen molar-refractivity contribution in [3.63, 3.8) is 0 Å². The average molecular weight is 187 g/mol. The molecule has 0 radical (unpaired) electrons. The largest absolute Gasteiger partial charge is 0.550 e. The summed E-state index contributed by atoms with van der Waals surface area (Å²) in [6, 6.07) is 0. The third kappa shape index (κ3) is 6.58. The number of carboxylic acid groups (broad SMARTS) is 1. The first kappa shape index (κ1) is 12.4. The van der Waals surface area contributed by atoms with Crippen molar-refractivity contribution in [3.8, 4) is 0 Å². The van der Waals surface area contributed by atoms with Gasteiger partial charge in [0.25, 0.3) is 0 Å². The van der Waals surface area contributed by atoms with Gasteiger partial charge in [0.1, 0.15) is 0 Å². The highest BCUT2D eigenvalue weighted by atomic mass is 16.4. The molecule has 0 aliphatic carbocycles. The number of aliphatic carboxylic acids is 1. The lowest BCUT2D eigenvalue weighted by atomic mass is 10.2. The molecule has 0 aromatic carbocycles. The Balaban J connectivity index is 0.000000226. The van der Waals surface area contributed by atoms with Crippen LogP contribution in [-0.2, 0) is 4.79 Å². The summed E-state index contributed by atoms with van der Waals surface area (Å²) in [6.45, 7) is 9.61. The molecule has 0 aromatic heterocycles. The molecule has 0 spiro atoms. The van der Waals surface area contributed by atoms with E-state index in [-0.39, 0.29) is 5.92 Å². The number of quaternary nitrogens is 1. The van der Waals surface area contributed by atoms with Crippen LogP contribution in [0, 0.1) is 5.92 Å². The molecule has 1 rings (SSSR count). The van der Waals surface area contributed by atoms with Gasteiger partial charge in [-0.3, -0.25) is 0 Å². The van der Waals surface area contributed by atoms with Gasteiger partial charge in [-0.05, 0) is 12.8 Å². The van der Waals surface area contributed by atoms with Crippen LogP contribution >= 0.6 is 0 Å². The SMILES string of the molecule is CC(C)C(=O)[O-].CC[NH+]1CCCC1. The first-order valence-electron chi connectivity index (χ1n) is 5.12. The summed E-state index contributed by atoms with van der Waals surface area (Å²) in [6.07, 6.45) is 2.92. The highest BCUT2D eigenvalue weighted by Gasteiger charge is 2.11. The van der Waals surface area contributed by atoms with E-state index in [9.17, 15) is 9.90 Å². The summed E-state index contributed by atoms with van der Waals surface area (Å²) < 4.78 is 0. The van der Waals surface area contributed by atoms with Crippen LogP contribution in [0.4, 0.5) is 0 Å². The molecule has 1 fully saturated rings. The molecule has 0 amide bonds. The minimum absolute atomic E-state index is 0.343. The minimum Gasteiger partial charge on any atom is -0.550 e. The van der Waals surface area contributed by atoms with Gasteiger partial charge in [-0.1, -0.05) is 13.8 Å². The maximum atomic E-state index is 9.59. The van der Waals surface area contributed by atoms with Gasteiger partial charge < -0.3 is 14.8 Å². The van der Waals surface area contributed by atoms with E-state index in [0.29, 0.717) is 0 Å². The molecule has 0 aromatic rings. The number of nitrogens with one attached hydrogen (secondary N) is 1. The number of hydrogen-bond acceptors (Lipinski definition) is 2. The Kier molecular flexibility index (Phi) is 6.59. The molecule has 0 unspecified atom stereocenters. The van der Waals surface area contributed by atoms with Crippen LogP contribution in [0.25, 0.3) is 0 Å². The molecule has 13 heavy (non-hydrogen) atoms. The monoisotopic (exact) mass is 187 g/mol. The number of carboxylic acids is 1. The topological polar surface area (TPSA) is 44.6 Å². The van der Waals surface area contributed by atoms with E-state index < -0.39 is 5.97 Å². The van der Waals surface area contributed by atoms with Crippen molar-refractivity contribution >= 4 is 5.97 Å². The zero-order valence-corrected chi connectivity index (χ0v) is 8.93. The summed E-state index contributed by atoms with van der Waals surface area (Å²) in [5, 5.41) is 9.59.